The van der Waals surface area contributed by atoms with Crippen LogP contribution in [0.4, 0.5) is 4.79 Å². The lowest BCUT2D eigenvalue weighted by atomic mass is 9.85. The Hall–Kier alpha value is -3.38. The predicted molar refractivity (Wildman–Crippen MR) is 145 cm³/mol. The molecule has 2 heterocycles. The van der Waals surface area contributed by atoms with Gasteiger partial charge >= 0.3 is 6.09 Å². The second-order valence-corrected chi connectivity index (χ2v) is 10.0. The third-order valence-corrected chi connectivity index (χ3v) is 7.16. The molecule has 2 aromatic rings. The number of hydrogen-bond donors (Lipinski definition) is 5. The van der Waals surface area contributed by atoms with E-state index in [1.807, 2.05) is 0 Å². The van der Waals surface area contributed by atoms with Crippen LogP contribution in [0.3, 0.4) is 0 Å². The molecule has 6 N–H and O–H groups in total. The zero-order valence-corrected chi connectivity index (χ0v) is 22.7. The summed E-state index contributed by atoms with van der Waals surface area (Å²) in [5, 5.41) is 21.1. The maximum Gasteiger partial charge on any atom is 0.404 e. The smallest absolute Gasteiger partial charge is 0.404 e. The normalized spacial score (nSPS) is 18.4. The first kappa shape index (κ1) is 30.2. The fourth-order valence-corrected chi connectivity index (χ4v) is 5.29. The van der Waals surface area contributed by atoms with Gasteiger partial charge in [-0.25, -0.2) is 15.3 Å². The third kappa shape index (κ3) is 6.99. The molecule has 2 atom stereocenters. The van der Waals surface area contributed by atoms with Crippen LogP contribution in [-0.2, 0) is 21.7 Å². The number of pyridine rings is 1. The maximum absolute atomic E-state index is 13.8. The molecule has 1 fully saturated rings. The lowest BCUT2D eigenvalue weighted by molar-refractivity contribution is -0.152. The number of nitrogens with zero attached hydrogens (tertiary/aromatic N) is 2. The fraction of sp³-hybridized carbons (Fsp3) is 0.385. The van der Waals surface area contributed by atoms with Gasteiger partial charge in [-0.1, -0.05) is 41.4 Å². The van der Waals surface area contributed by atoms with Crippen LogP contribution in [0.15, 0.2) is 49.1 Å². The molecule has 0 bridgehead atoms. The molecule has 1 saturated heterocycles. The van der Waals surface area contributed by atoms with Gasteiger partial charge < -0.3 is 25.8 Å². The van der Waals surface area contributed by atoms with E-state index >= 15 is 0 Å². The number of benzene rings is 1. The number of nitrogens with two attached hydrogens (primary N) is 1. The minimum Gasteiger partial charge on any atom is -0.489 e. The summed E-state index contributed by atoms with van der Waals surface area (Å²) in [5.41, 5.74) is 6.77. The Bertz CT molecular complexity index is 1190. The van der Waals surface area contributed by atoms with E-state index in [2.05, 4.69) is 16.9 Å². The Labute approximate surface area is 235 Å². The number of ether oxygens (including phenoxy) is 1. The summed E-state index contributed by atoms with van der Waals surface area (Å²) >= 11 is 11.9. The molecular formula is C26H31Cl2N5O6. The Balaban J connectivity index is 1.76. The number of hydrogen-bond acceptors (Lipinski definition) is 7. The highest BCUT2D eigenvalue weighted by Gasteiger charge is 2.54. The summed E-state index contributed by atoms with van der Waals surface area (Å²) in [6.07, 6.45) is 1.67. The number of rotatable bonds is 13. The average Bonchev–Trinajstić information content (AvgIpc) is 3.21. The average molecular weight is 580 g/mol. The van der Waals surface area contributed by atoms with Gasteiger partial charge in [0.2, 0.25) is 5.91 Å². The van der Waals surface area contributed by atoms with E-state index in [1.54, 1.807) is 41.9 Å². The number of likely N-dealkylation sites (tertiary alicyclic amines) is 1. The topological polar surface area (TPSA) is 167 Å². The van der Waals surface area contributed by atoms with Crippen LogP contribution in [0.2, 0.25) is 10.3 Å². The largest absolute Gasteiger partial charge is 0.489 e. The van der Waals surface area contributed by atoms with Gasteiger partial charge in [0, 0.05) is 13.1 Å². The number of carboxylic acid groups (broad SMARTS) is 1. The summed E-state index contributed by atoms with van der Waals surface area (Å²) in [7, 11) is 0. The first-order valence-corrected chi connectivity index (χ1v) is 13.0. The molecule has 3 rings (SSSR count). The third-order valence-electron chi connectivity index (χ3n) is 6.77. The molecule has 0 saturated carbocycles. The molecule has 1 aromatic carbocycles. The van der Waals surface area contributed by atoms with Crippen molar-refractivity contribution >= 4 is 41.1 Å². The molecular weight excluding hydrogens is 549 g/mol. The highest BCUT2D eigenvalue weighted by atomic mass is 35.5. The number of unbranched alkanes of at least 4 members (excludes halogenated alkanes) is 1. The van der Waals surface area contributed by atoms with Crippen LogP contribution in [-0.4, -0.2) is 56.7 Å². The number of aromatic nitrogens is 1. The lowest BCUT2D eigenvalue weighted by Crippen LogP contribution is -2.61. The Morgan fingerprint density at radius 1 is 1.23 bits per heavy atom. The van der Waals surface area contributed by atoms with Crippen LogP contribution < -0.4 is 21.3 Å². The highest BCUT2D eigenvalue weighted by Crippen LogP contribution is 2.39. The summed E-state index contributed by atoms with van der Waals surface area (Å²) in [6, 6.07) is 10.1. The summed E-state index contributed by atoms with van der Waals surface area (Å²) in [4.78, 5) is 42.7. The molecule has 1 aliphatic heterocycles. The SMILES string of the molecule is C=CC[C@](CCCCNC(=O)O)(C(=O)NO)N1CCC(N)(c2ccc(OCc3cc(Cl)nc(Cl)c3)cc2)C1=O. The molecule has 0 aliphatic carbocycles. The van der Waals surface area contributed by atoms with Crippen molar-refractivity contribution in [2.24, 2.45) is 5.73 Å². The summed E-state index contributed by atoms with van der Waals surface area (Å²) in [5.74, 6) is -0.693. The van der Waals surface area contributed by atoms with Gasteiger partial charge in [-0.2, -0.15) is 0 Å². The van der Waals surface area contributed by atoms with Crippen molar-refractivity contribution in [3.8, 4) is 5.75 Å². The molecule has 1 unspecified atom stereocenters. The van der Waals surface area contributed by atoms with Crippen LogP contribution in [0.25, 0.3) is 0 Å². The number of carbonyl (C=O) groups excluding carboxylic acids is 2. The first-order chi connectivity index (χ1) is 18.6. The van der Waals surface area contributed by atoms with Gasteiger partial charge in [-0.3, -0.25) is 14.8 Å². The standard InChI is InChI=1S/C26H31Cl2N5O6/c1-2-9-25(22(34)32-38,10-3-4-12-30-24(36)37)33-13-11-26(29,23(33)35)18-5-7-19(8-6-18)39-16-17-14-20(27)31-21(28)15-17/h2,5-8,14-15,30,38H,1,3-4,9-13,16,29H2,(H,32,34)(H,36,37)/t25-,26?/m0/s1. The van der Waals surface area contributed by atoms with E-state index in [1.165, 1.54) is 11.0 Å². The highest BCUT2D eigenvalue weighted by molar-refractivity contribution is 6.32. The Morgan fingerprint density at radius 3 is 2.49 bits per heavy atom. The van der Waals surface area contributed by atoms with E-state index < -0.39 is 29.0 Å². The molecule has 210 valence electrons. The van der Waals surface area contributed by atoms with Gasteiger partial charge in [0.15, 0.2) is 0 Å². The summed E-state index contributed by atoms with van der Waals surface area (Å²) < 4.78 is 5.80. The van der Waals surface area contributed by atoms with Crippen LogP contribution in [0.1, 0.15) is 43.2 Å². The number of nitrogens with one attached hydrogen (secondary N) is 2. The summed E-state index contributed by atoms with van der Waals surface area (Å²) in [6.45, 7) is 4.28. The van der Waals surface area contributed by atoms with Gasteiger partial charge in [-0.15, -0.1) is 6.58 Å². The molecule has 13 heteroatoms. The Morgan fingerprint density at radius 2 is 1.90 bits per heavy atom. The van der Waals surface area contributed by atoms with Gasteiger partial charge in [0.1, 0.15) is 33.7 Å². The van der Waals surface area contributed by atoms with Crippen LogP contribution in [0, 0.1) is 0 Å². The number of halogens is 2. The molecule has 3 amide bonds. The van der Waals surface area contributed by atoms with Gasteiger partial charge in [0.05, 0.1) is 0 Å². The first-order valence-electron chi connectivity index (χ1n) is 12.2. The van der Waals surface area contributed by atoms with Crippen molar-refractivity contribution in [3.63, 3.8) is 0 Å². The lowest BCUT2D eigenvalue weighted by Gasteiger charge is -2.40. The second kappa shape index (κ2) is 13.1. The second-order valence-electron chi connectivity index (χ2n) is 9.27. The maximum atomic E-state index is 13.8. The number of carbonyl (C=O) groups is 3. The van der Waals surface area contributed by atoms with E-state index in [9.17, 15) is 19.6 Å². The number of hydroxylamine groups is 1. The zero-order chi connectivity index (χ0) is 28.6. The molecule has 1 aromatic heterocycles. The van der Waals surface area contributed by atoms with Crippen molar-refractivity contribution in [3.05, 3.63) is 70.5 Å². The Kier molecular flexibility index (Phi) is 10.1. The van der Waals surface area contributed by atoms with Crippen molar-refractivity contribution in [1.29, 1.82) is 0 Å². The molecule has 11 nitrogen and oxygen atoms in total. The fourth-order valence-electron chi connectivity index (χ4n) is 4.78. The quantitative estimate of drug-likeness (QED) is 0.0788. The van der Waals surface area contributed by atoms with Crippen molar-refractivity contribution < 1.29 is 29.4 Å². The van der Waals surface area contributed by atoms with E-state index in [0.29, 0.717) is 24.2 Å². The van der Waals surface area contributed by atoms with Crippen molar-refractivity contribution in [1.82, 2.24) is 20.7 Å². The molecule has 39 heavy (non-hydrogen) atoms. The van der Waals surface area contributed by atoms with E-state index in [0.717, 1.165) is 5.56 Å². The van der Waals surface area contributed by atoms with E-state index in [-0.39, 0.29) is 49.3 Å². The van der Waals surface area contributed by atoms with Crippen molar-refractivity contribution in [2.75, 3.05) is 13.1 Å². The molecule has 1 aliphatic rings. The molecule has 0 radical (unpaired) electrons. The predicted octanol–water partition coefficient (Wildman–Crippen LogP) is 3.61. The minimum atomic E-state index is -1.44. The monoisotopic (exact) mass is 579 g/mol. The van der Waals surface area contributed by atoms with Crippen molar-refractivity contribution in [2.45, 2.75) is 49.8 Å². The van der Waals surface area contributed by atoms with Crippen LogP contribution in [0.5, 0.6) is 5.75 Å². The minimum absolute atomic E-state index is 0.0728. The number of amides is 3. The van der Waals surface area contributed by atoms with E-state index in [4.69, 9.17) is 38.8 Å². The van der Waals surface area contributed by atoms with Gasteiger partial charge in [-0.05, 0) is 67.5 Å². The zero-order valence-electron chi connectivity index (χ0n) is 21.2. The molecule has 0 spiro atoms. The van der Waals surface area contributed by atoms with Crippen LogP contribution >= 0.6 is 23.2 Å². The van der Waals surface area contributed by atoms with Gasteiger partial charge in [0.25, 0.3) is 5.91 Å².